The van der Waals surface area contributed by atoms with Crippen molar-refractivity contribution in [2.75, 3.05) is 20.8 Å². The topological polar surface area (TPSA) is 79.1 Å². The number of aromatic nitrogens is 1. The summed E-state index contributed by atoms with van der Waals surface area (Å²) in [5, 5.41) is 0. The summed E-state index contributed by atoms with van der Waals surface area (Å²) in [6.07, 6.45) is 1.68. The molecule has 0 spiro atoms. The molecule has 34 heavy (non-hydrogen) atoms. The maximum Gasteiger partial charge on any atom is 0.338 e. The number of methoxy groups -OCH3 is 2. The van der Waals surface area contributed by atoms with E-state index >= 15 is 0 Å². The van der Waals surface area contributed by atoms with Crippen LogP contribution in [0.4, 0.5) is 4.39 Å². The number of hydrogen-bond donors (Lipinski definition) is 0. The van der Waals surface area contributed by atoms with Gasteiger partial charge in [-0.15, -0.1) is 0 Å². The third-order valence-electron chi connectivity index (χ3n) is 5.42. The minimum absolute atomic E-state index is 0.178. The molecule has 3 aromatic rings. The first-order chi connectivity index (χ1) is 16.4. The van der Waals surface area contributed by atoms with Crippen LogP contribution in [-0.2, 0) is 9.53 Å². The lowest BCUT2D eigenvalue weighted by molar-refractivity contribution is -0.139. The summed E-state index contributed by atoms with van der Waals surface area (Å²) in [5.74, 6) is 0.107. The van der Waals surface area contributed by atoms with Crippen molar-refractivity contribution < 1.29 is 23.4 Å². The van der Waals surface area contributed by atoms with Crippen molar-refractivity contribution in [2.24, 2.45) is 4.99 Å². The second-order valence-corrected chi connectivity index (χ2v) is 8.47. The molecule has 1 aliphatic heterocycles. The molecule has 0 saturated carbocycles. The van der Waals surface area contributed by atoms with Gasteiger partial charge in [-0.05, 0) is 49.8 Å². The summed E-state index contributed by atoms with van der Waals surface area (Å²) < 4.78 is 31.4. The van der Waals surface area contributed by atoms with Crippen molar-refractivity contribution in [2.45, 2.75) is 19.9 Å². The number of allylic oxidation sites excluding steroid dienone is 1. The summed E-state index contributed by atoms with van der Waals surface area (Å²) in [5.41, 5.74) is 1.65. The van der Waals surface area contributed by atoms with Gasteiger partial charge in [-0.2, -0.15) is 0 Å². The number of hydrogen-bond acceptors (Lipinski definition) is 7. The molecule has 0 radical (unpaired) electrons. The number of nitrogens with zero attached hydrogens (tertiary/aromatic N) is 2. The van der Waals surface area contributed by atoms with Crippen LogP contribution < -0.4 is 24.4 Å². The number of rotatable bonds is 6. The van der Waals surface area contributed by atoms with Gasteiger partial charge in [0, 0.05) is 11.6 Å². The minimum Gasteiger partial charge on any atom is -0.497 e. The van der Waals surface area contributed by atoms with Crippen LogP contribution in [-0.4, -0.2) is 31.4 Å². The summed E-state index contributed by atoms with van der Waals surface area (Å²) in [6.45, 7) is 3.61. The van der Waals surface area contributed by atoms with E-state index in [9.17, 15) is 14.0 Å². The van der Waals surface area contributed by atoms with Crippen LogP contribution >= 0.6 is 11.3 Å². The highest BCUT2D eigenvalue weighted by atomic mass is 32.1. The van der Waals surface area contributed by atoms with E-state index in [4.69, 9.17) is 14.2 Å². The standard InChI is InChI=1S/C25H23FN2O5S/c1-5-33-24(30)21-14(2)27-25-28(22(21)18-11-10-17(31-3)13-19(18)32-4)23(29)20(34-25)12-15-6-8-16(26)9-7-15/h6-13,22H,5H2,1-4H3/t22-/m0/s1. The van der Waals surface area contributed by atoms with Crippen LogP contribution in [0.5, 0.6) is 11.5 Å². The Morgan fingerprint density at radius 2 is 1.91 bits per heavy atom. The predicted molar refractivity (Wildman–Crippen MR) is 126 cm³/mol. The van der Waals surface area contributed by atoms with Crippen molar-refractivity contribution in [3.63, 3.8) is 0 Å². The van der Waals surface area contributed by atoms with Crippen LogP contribution in [0.15, 0.2) is 63.5 Å². The molecule has 7 nitrogen and oxygen atoms in total. The highest BCUT2D eigenvalue weighted by molar-refractivity contribution is 7.07. The van der Waals surface area contributed by atoms with Crippen LogP contribution in [0, 0.1) is 5.82 Å². The van der Waals surface area contributed by atoms with Gasteiger partial charge in [0.25, 0.3) is 5.56 Å². The number of benzene rings is 2. The lowest BCUT2D eigenvalue weighted by atomic mass is 9.95. The smallest absolute Gasteiger partial charge is 0.338 e. The van der Waals surface area contributed by atoms with E-state index in [0.29, 0.717) is 37.7 Å². The van der Waals surface area contributed by atoms with Crippen molar-refractivity contribution in [3.8, 4) is 11.5 Å². The zero-order valence-corrected chi connectivity index (χ0v) is 19.9. The third kappa shape index (κ3) is 4.26. The van der Waals surface area contributed by atoms with Crippen molar-refractivity contribution in [1.82, 2.24) is 4.57 Å². The van der Waals surface area contributed by atoms with Gasteiger partial charge >= 0.3 is 5.97 Å². The average Bonchev–Trinajstić information content (AvgIpc) is 3.13. The van der Waals surface area contributed by atoms with Crippen LogP contribution in [0.25, 0.3) is 6.08 Å². The monoisotopic (exact) mass is 482 g/mol. The molecular weight excluding hydrogens is 459 g/mol. The number of esters is 1. The molecule has 2 aromatic carbocycles. The number of carbonyl (C=O) groups excluding carboxylic acids is 1. The number of carbonyl (C=O) groups is 1. The lowest BCUT2D eigenvalue weighted by Crippen LogP contribution is -2.40. The molecule has 1 aromatic heterocycles. The Hall–Kier alpha value is -3.72. The normalized spacial score (nSPS) is 15.6. The molecule has 0 aliphatic carbocycles. The fraction of sp³-hybridized carbons (Fsp3) is 0.240. The Kier molecular flexibility index (Phi) is 6.65. The van der Waals surface area contributed by atoms with Crippen LogP contribution in [0.2, 0.25) is 0 Å². The van der Waals surface area contributed by atoms with Gasteiger partial charge in [0.1, 0.15) is 23.4 Å². The fourth-order valence-corrected chi connectivity index (χ4v) is 4.89. The van der Waals surface area contributed by atoms with Gasteiger partial charge in [0.2, 0.25) is 0 Å². The fourth-order valence-electron chi connectivity index (χ4n) is 3.84. The molecule has 0 N–H and O–H groups in total. The zero-order chi connectivity index (χ0) is 24.4. The summed E-state index contributed by atoms with van der Waals surface area (Å²) in [7, 11) is 3.05. The molecule has 176 valence electrons. The van der Waals surface area contributed by atoms with E-state index in [0.717, 1.165) is 0 Å². The number of ether oxygens (including phenoxy) is 3. The molecule has 0 fully saturated rings. The Bertz CT molecular complexity index is 1450. The second-order valence-electron chi connectivity index (χ2n) is 7.46. The largest absolute Gasteiger partial charge is 0.497 e. The van der Waals surface area contributed by atoms with Gasteiger partial charge in [-0.1, -0.05) is 23.5 Å². The Balaban J connectivity index is 1.99. The van der Waals surface area contributed by atoms with Gasteiger partial charge < -0.3 is 14.2 Å². The summed E-state index contributed by atoms with van der Waals surface area (Å²) in [4.78, 5) is 31.6. The molecule has 4 rings (SSSR count). The highest BCUT2D eigenvalue weighted by Gasteiger charge is 2.35. The van der Waals surface area contributed by atoms with Gasteiger partial charge in [0.15, 0.2) is 4.80 Å². The second kappa shape index (κ2) is 9.64. The number of fused-ring (bicyclic) bond motifs is 1. The molecule has 2 heterocycles. The molecule has 1 atom stereocenters. The molecule has 0 unspecified atom stereocenters. The van der Waals surface area contributed by atoms with Gasteiger partial charge in [-0.3, -0.25) is 9.36 Å². The van der Waals surface area contributed by atoms with Crippen molar-refractivity contribution in [3.05, 3.63) is 90.4 Å². The Morgan fingerprint density at radius 1 is 1.18 bits per heavy atom. The molecular formula is C25H23FN2O5S. The first kappa shape index (κ1) is 23.4. The summed E-state index contributed by atoms with van der Waals surface area (Å²) in [6, 6.07) is 10.2. The first-order valence-electron chi connectivity index (χ1n) is 10.5. The number of halogens is 1. The maximum absolute atomic E-state index is 13.6. The predicted octanol–water partition coefficient (Wildman–Crippen LogP) is 2.95. The van der Waals surface area contributed by atoms with Crippen molar-refractivity contribution >= 4 is 23.4 Å². The van der Waals surface area contributed by atoms with E-state index in [1.165, 1.54) is 35.1 Å². The van der Waals surface area contributed by atoms with E-state index < -0.39 is 12.0 Å². The van der Waals surface area contributed by atoms with Gasteiger partial charge in [-0.25, -0.2) is 14.2 Å². The van der Waals surface area contributed by atoms with E-state index in [-0.39, 0.29) is 23.6 Å². The lowest BCUT2D eigenvalue weighted by Gasteiger charge is -2.26. The maximum atomic E-state index is 13.6. The average molecular weight is 483 g/mol. The Morgan fingerprint density at radius 3 is 2.56 bits per heavy atom. The highest BCUT2D eigenvalue weighted by Crippen LogP contribution is 2.37. The third-order valence-corrected chi connectivity index (χ3v) is 6.40. The van der Waals surface area contributed by atoms with Crippen molar-refractivity contribution in [1.29, 1.82) is 0 Å². The zero-order valence-electron chi connectivity index (χ0n) is 19.1. The molecule has 0 bridgehead atoms. The molecule has 0 amide bonds. The van der Waals surface area contributed by atoms with Crippen LogP contribution in [0.1, 0.15) is 31.0 Å². The van der Waals surface area contributed by atoms with E-state index in [1.807, 2.05) is 0 Å². The minimum atomic E-state index is -0.813. The quantitative estimate of drug-likeness (QED) is 0.505. The summed E-state index contributed by atoms with van der Waals surface area (Å²) >= 11 is 1.19. The Labute approximate surface area is 199 Å². The van der Waals surface area contributed by atoms with E-state index in [2.05, 4.69) is 4.99 Å². The molecule has 1 aliphatic rings. The van der Waals surface area contributed by atoms with Gasteiger partial charge in [0.05, 0.1) is 36.6 Å². The first-order valence-corrected chi connectivity index (χ1v) is 11.4. The molecule has 0 saturated heterocycles. The van der Waals surface area contributed by atoms with Crippen LogP contribution in [0.3, 0.4) is 0 Å². The SMILES string of the molecule is CCOC(=O)C1=C(C)N=c2sc(=Cc3ccc(F)cc3)c(=O)n2[C@H]1c1ccc(OC)cc1OC. The number of thiazole rings is 1. The molecule has 9 heteroatoms. The van der Waals surface area contributed by atoms with E-state index in [1.54, 1.807) is 57.4 Å².